The Morgan fingerprint density at radius 2 is 2.00 bits per heavy atom. The molecule has 4 heterocycles. The van der Waals surface area contributed by atoms with Gasteiger partial charge in [-0.1, -0.05) is 25.4 Å². The van der Waals surface area contributed by atoms with Crippen LogP contribution in [0.1, 0.15) is 13.8 Å². The number of nitrogens with one attached hydrogen (secondary N) is 2. The summed E-state index contributed by atoms with van der Waals surface area (Å²) in [5, 5.41) is 4.33. The van der Waals surface area contributed by atoms with Gasteiger partial charge >= 0.3 is 5.69 Å². The zero-order chi connectivity index (χ0) is 19.6. The van der Waals surface area contributed by atoms with Gasteiger partial charge in [-0.05, 0) is 0 Å². The molecule has 8 nitrogen and oxygen atoms in total. The molecule has 1 saturated heterocycles. The number of fused-ring (bicyclic) bond motifs is 1. The van der Waals surface area contributed by atoms with E-state index in [1.165, 1.54) is 41.7 Å². The molecule has 27 heavy (non-hydrogen) atoms. The predicted octanol–water partition coefficient (Wildman–Crippen LogP) is 1.91. The highest BCUT2D eigenvalue weighted by Crippen LogP contribution is 2.44. The lowest BCUT2D eigenvalue weighted by Gasteiger charge is -2.24. The largest absolute Gasteiger partial charge is 0.350 e. The van der Waals surface area contributed by atoms with Crippen LogP contribution in [0.3, 0.4) is 0 Å². The highest BCUT2D eigenvalue weighted by atomic mass is 35.5. The summed E-state index contributed by atoms with van der Waals surface area (Å²) in [6.07, 6.45) is 2.57. The molecule has 1 aliphatic rings. The number of alkyl halides is 2. The fourth-order valence-corrected chi connectivity index (χ4v) is 3.31. The molecule has 0 saturated carbocycles. The second-order valence-electron chi connectivity index (χ2n) is 7.16. The molecule has 0 aliphatic carbocycles. The van der Waals surface area contributed by atoms with Gasteiger partial charge in [-0.15, -0.1) is 0 Å². The number of nitrogens with zero attached hydrogens (tertiary/aromatic N) is 4. The van der Waals surface area contributed by atoms with Crippen molar-refractivity contribution in [3.8, 4) is 11.3 Å². The van der Waals surface area contributed by atoms with Crippen molar-refractivity contribution in [1.29, 1.82) is 0 Å². The Bertz CT molecular complexity index is 1150. The molecule has 1 aliphatic heterocycles. The van der Waals surface area contributed by atoms with Gasteiger partial charge in [-0.3, -0.25) is 9.78 Å². The van der Waals surface area contributed by atoms with Crippen LogP contribution in [-0.2, 0) is 0 Å². The topological polar surface area (TPSA) is 99.2 Å². The number of H-pyrrole nitrogens is 2. The Morgan fingerprint density at radius 1 is 1.26 bits per heavy atom. The van der Waals surface area contributed by atoms with Gasteiger partial charge in [-0.25, -0.2) is 18.6 Å². The van der Waals surface area contributed by atoms with Crippen molar-refractivity contribution in [3.63, 3.8) is 0 Å². The third-order valence-corrected chi connectivity index (χ3v) is 5.06. The normalized spacial score (nSPS) is 18.3. The van der Waals surface area contributed by atoms with Gasteiger partial charge in [0.1, 0.15) is 10.8 Å². The van der Waals surface area contributed by atoms with Gasteiger partial charge in [0, 0.05) is 24.2 Å². The Labute approximate surface area is 155 Å². The zero-order valence-corrected chi connectivity index (χ0v) is 15.1. The number of aromatic nitrogens is 5. The smallest absolute Gasteiger partial charge is 0.325 e. The van der Waals surface area contributed by atoms with Crippen molar-refractivity contribution in [3.05, 3.63) is 44.3 Å². The van der Waals surface area contributed by atoms with Crippen LogP contribution in [0.25, 0.3) is 16.9 Å². The highest BCUT2D eigenvalue weighted by Gasteiger charge is 2.54. The van der Waals surface area contributed by atoms with Crippen LogP contribution in [0, 0.1) is 5.41 Å². The maximum atomic E-state index is 14.4. The zero-order valence-electron chi connectivity index (χ0n) is 14.4. The lowest BCUT2D eigenvalue weighted by molar-refractivity contribution is -0.0642. The minimum Gasteiger partial charge on any atom is -0.350 e. The minimum atomic E-state index is -2.91. The standard InChI is InChI=1S/C16H15ClF2N6O2/c1-15(2)6-24(7-16(15,18)19)11-3-10(8-4-20-14(27)23-13(8)26)22-12-9(17)5-21-25(11)12/h3-5H,6-7H2,1-2H3,(H2,20,23,26,27). The summed E-state index contributed by atoms with van der Waals surface area (Å²) in [6, 6.07) is 1.48. The molecule has 0 bridgehead atoms. The average Bonchev–Trinajstić information content (AvgIpc) is 3.04. The molecular weight excluding hydrogens is 382 g/mol. The van der Waals surface area contributed by atoms with E-state index >= 15 is 0 Å². The molecule has 3 aromatic heterocycles. The molecule has 0 aromatic carbocycles. The van der Waals surface area contributed by atoms with Crippen molar-refractivity contribution in [1.82, 2.24) is 24.6 Å². The Kier molecular flexibility index (Phi) is 3.68. The molecule has 2 N–H and O–H groups in total. The van der Waals surface area contributed by atoms with Crippen LogP contribution in [0.4, 0.5) is 14.6 Å². The first kappa shape index (κ1) is 17.7. The summed E-state index contributed by atoms with van der Waals surface area (Å²) in [5.41, 5.74) is -2.05. The van der Waals surface area contributed by atoms with Crippen LogP contribution < -0.4 is 16.1 Å². The van der Waals surface area contributed by atoms with E-state index in [1.807, 2.05) is 0 Å². The van der Waals surface area contributed by atoms with Crippen molar-refractivity contribution < 1.29 is 8.78 Å². The number of hydrogen-bond acceptors (Lipinski definition) is 5. The van der Waals surface area contributed by atoms with Gasteiger partial charge < -0.3 is 9.88 Å². The van der Waals surface area contributed by atoms with Crippen molar-refractivity contribution in [2.24, 2.45) is 5.41 Å². The maximum absolute atomic E-state index is 14.4. The van der Waals surface area contributed by atoms with E-state index in [-0.39, 0.29) is 28.5 Å². The SMILES string of the molecule is CC1(C)CN(c2cc(-c3c[nH]c(=O)[nH]c3=O)nc3c(Cl)cnn23)CC1(F)F. The molecule has 0 radical (unpaired) electrons. The van der Waals surface area contributed by atoms with E-state index in [9.17, 15) is 18.4 Å². The molecule has 0 amide bonds. The number of hydrogen-bond donors (Lipinski definition) is 2. The molecular formula is C16H15ClF2N6O2. The molecule has 0 spiro atoms. The van der Waals surface area contributed by atoms with Crippen molar-refractivity contribution >= 4 is 23.1 Å². The van der Waals surface area contributed by atoms with Gasteiger partial charge in [0.15, 0.2) is 5.65 Å². The van der Waals surface area contributed by atoms with Crippen LogP contribution in [0.2, 0.25) is 5.02 Å². The van der Waals surface area contributed by atoms with Gasteiger partial charge in [0.05, 0.1) is 24.0 Å². The first-order chi connectivity index (χ1) is 12.6. The first-order valence-electron chi connectivity index (χ1n) is 8.08. The summed E-state index contributed by atoms with van der Waals surface area (Å²) >= 11 is 6.13. The molecule has 11 heteroatoms. The number of anilines is 1. The van der Waals surface area contributed by atoms with E-state index in [1.54, 1.807) is 0 Å². The molecule has 142 valence electrons. The molecule has 0 unspecified atom stereocenters. The summed E-state index contributed by atoms with van der Waals surface area (Å²) in [6.45, 7) is 2.57. The Balaban J connectivity index is 1.93. The van der Waals surface area contributed by atoms with Gasteiger partial charge in [-0.2, -0.15) is 9.61 Å². The lowest BCUT2D eigenvalue weighted by atomic mass is 9.89. The summed E-state index contributed by atoms with van der Waals surface area (Å²) < 4.78 is 30.1. The maximum Gasteiger partial charge on any atom is 0.325 e. The number of rotatable bonds is 2. The molecule has 4 rings (SSSR count). The number of aromatic amines is 2. The van der Waals surface area contributed by atoms with Crippen LogP contribution in [0.15, 0.2) is 28.0 Å². The lowest BCUT2D eigenvalue weighted by Crippen LogP contribution is -2.34. The van der Waals surface area contributed by atoms with Crippen molar-refractivity contribution in [2.45, 2.75) is 19.8 Å². The Morgan fingerprint density at radius 3 is 2.63 bits per heavy atom. The fraction of sp³-hybridized carbons (Fsp3) is 0.375. The summed E-state index contributed by atoms with van der Waals surface area (Å²) in [7, 11) is 0. The van der Waals surface area contributed by atoms with Gasteiger partial charge in [0.25, 0.3) is 11.5 Å². The second-order valence-corrected chi connectivity index (χ2v) is 7.56. The second kappa shape index (κ2) is 5.62. The quantitative estimate of drug-likeness (QED) is 0.689. The molecule has 0 atom stereocenters. The third kappa shape index (κ3) is 2.71. The predicted molar refractivity (Wildman–Crippen MR) is 95.6 cm³/mol. The number of halogens is 3. The summed E-state index contributed by atoms with van der Waals surface area (Å²) in [4.78, 5) is 33.7. The monoisotopic (exact) mass is 396 g/mol. The molecule has 1 fully saturated rings. The van der Waals surface area contributed by atoms with Crippen LogP contribution in [-0.4, -0.2) is 43.6 Å². The highest BCUT2D eigenvalue weighted by molar-refractivity contribution is 6.33. The van der Waals surface area contributed by atoms with Gasteiger partial charge in [0.2, 0.25) is 0 Å². The third-order valence-electron chi connectivity index (χ3n) is 4.79. The van der Waals surface area contributed by atoms with Crippen LogP contribution in [0.5, 0.6) is 0 Å². The van der Waals surface area contributed by atoms with Crippen LogP contribution >= 0.6 is 11.6 Å². The van der Waals surface area contributed by atoms with E-state index in [0.717, 1.165) is 0 Å². The average molecular weight is 397 g/mol. The minimum absolute atomic E-state index is 0.0814. The Hall–Kier alpha value is -2.75. The van der Waals surface area contributed by atoms with E-state index < -0.39 is 29.1 Å². The van der Waals surface area contributed by atoms with E-state index in [0.29, 0.717) is 5.82 Å². The molecule has 3 aromatic rings. The first-order valence-corrected chi connectivity index (χ1v) is 8.46. The fourth-order valence-electron chi connectivity index (χ4n) is 3.15. The van der Waals surface area contributed by atoms with Crippen molar-refractivity contribution in [2.75, 3.05) is 18.0 Å². The van der Waals surface area contributed by atoms with E-state index in [4.69, 9.17) is 11.6 Å². The summed E-state index contributed by atoms with van der Waals surface area (Å²) in [5.74, 6) is -2.58. The van der Waals surface area contributed by atoms with E-state index in [2.05, 4.69) is 20.1 Å².